The smallest absolute Gasteiger partial charge is 0.330 e. The third-order valence-electron chi connectivity index (χ3n) is 4.41. The molecule has 2 aromatic rings. The number of ketones is 1. The number of nitrogens with one attached hydrogen (secondary N) is 1. The van der Waals surface area contributed by atoms with Gasteiger partial charge in [0.2, 0.25) is 0 Å². The molecule has 0 saturated carbocycles. The Morgan fingerprint density at radius 1 is 1.26 bits per heavy atom. The molecule has 2 rings (SSSR count). The van der Waals surface area contributed by atoms with Crippen molar-refractivity contribution in [3.63, 3.8) is 0 Å². The highest BCUT2D eigenvalue weighted by molar-refractivity contribution is 6.01. The maximum atomic E-state index is 12.7. The summed E-state index contributed by atoms with van der Waals surface area (Å²) in [7, 11) is 1.49. The topological polar surface area (TPSA) is 110 Å². The fourth-order valence-electron chi connectivity index (χ4n) is 2.82. The minimum Gasteiger partial charge on any atom is -0.384 e. The van der Waals surface area contributed by atoms with Gasteiger partial charge >= 0.3 is 5.69 Å². The second-order valence-electron chi connectivity index (χ2n) is 6.19. The number of aromatic nitrogens is 2. The highest BCUT2D eigenvalue weighted by Gasteiger charge is 2.21. The standard InChI is InChI=1S/C19H26N4O4/c1-3-22(10-9-14-7-5-4-6-8-14)13-15(24)16-17(20)23(11-12-27-2)19(26)21-18(16)25/h4-8H,3,9-13,20H2,1-2H3,(H,21,25,26). The zero-order valence-corrected chi connectivity index (χ0v) is 15.7. The first-order valence-corrected chi connectivity index (χ1v) is 8.88. The summed E-state index contributed by atoms with van der Waals surface area (Å²) in [5, 5.41) is 0. The predicted molar refractivity (Wildman–Crippen MR) is 104 cm³/mol. The van der Waals surface area contributed by atoms with Crippen LogP contribution in [0.2, 0.25) is 0 Å². The van der Waals surface area contributed by atoms with E-state index >= 15 is 0 Å². The van der Waals surface area contributed by atoms with Gasteiger partial charge in [-0.1, -0.05) is 37.3 Å². The molecule has 0 amide bonds. The minimum atomic E-state index is -0.754. The lowest BCUT2D eigenvalue weighted by atomic mass is 10.1. The molecule has 146 valence electrons. The lowest BCUT2D eigenvalue weighted by molar-refractivity contribution is 0.0933. The van der Waals surface area contributed by atoms with Gasteiger partial charge in [-0.3, -0.25) is 24.0 Å². The quantitative estimate of drug-likeness (QED) is 0.587. The Labute approximate surface area is 157 Å². The SMILES string of the molecule is CCN(CCc1ccccc1)CC(=O)c1c(N)n(CCOC)c(=O)[nH]c1=O. The monoisotopic (exact) mass is 374 g/mol. The van der Waals surface area contributed by atoms with Crippen LogP contribution in [0.15, 0.2) is 39.9 Å². The second kappa shape index (κ2) is 9.84. The van der Waals surface area contributed by atoms with Crippen molar-refractivity contribution in [2.75, 3.05) is 39.1 Å². The highest BCUT2D eigenvalue weighted by atomic mass is 16.5. The van der Waals surface area contributed by atoms with Gasteiger partial charge in [-0.25, -0.2) is 4.79 Å². The van der Waals surface area contributed by atoms with Crippen LogP contribution in [0.3, 0.4) is 0 Å². The number of ether oxygens (including phenoxy) is 1. The fourth-order valence-corrected chi connectivity index (χ4v) is 2.82. The number of nitrogens with two attached hydrogens (primary N) is 1. The summed E-state index contributed by atoms with van der Waals surface area (Å²) in [6.07, 6.45) is 0.793. The number of H-pyrrole nitrogens is 1. The van der Waals surface area contributed by atoms with E-state index in [1.165, 1.54) is 12.7 Å². The molecule has 0 aliphatic carbocycles. The molecule has 0 fully saturated rings. The minimum absolute atomic E-state index is 0.0547. The number of carbonyl (C=O) groups excluding carboxylic acids is 1. The molecule has 0 spiro atoms. The van der Waals surface area contributed by atoms with Crippen LogP contribution < -0.4 is 17.0 Å². The number of methoxy groups -OCH3 is 1. The number of anilines is 1. The van der Waals surface area contributed by atoms with E-state index in [1.807, 2.05) is 42.2 Å². The van der Waals surface area contributed by atoms with Crippen LogP contribution in [-0.4, -0.2) is 53.6 Å². The van der Waals surface area contributed by atoms with E-state index in [2.05, 4.69) is 4.98 Å². The number of likely N-dealkylation sites (N-methyl/N-ethyl adjacent to an activating group) is 1. The van der Waals surface area contributed by atoms with Gasteiger partial charge in [0.15, 0.2) is 5.78 Å². The van der Waals surface area contributed by atoms with E-state index in [4.69, 9.17) is 10.5 Å². The molecule has 27 heavy (non-hydrogen) atoms. The molecule has 0 aliphatic heterocycles. The Kier molecular flexibility index (Phi) is 7.51. The van der Waals surface area contributed by atoms with Crippen molar-refractivity contribution in [2.24, 2.45) is 0 Å². The van der Waals surface area contributed by atoms with Gasteiger partial charge in [0.1, 0.15) is 11.4 Å². The van der Waals surface area contributed by atoms with Gasteiger partial charge in [-0.2, -0.15) is 0 Å². The van der Waals surface area contributed by atoms with Crippen molar-refractivity contribution in [1.29, 1.82) is 0 Å². The number of benzene rings is 1. The molecule has 8 nitrogen and oxygen atoms in total. The number of carbonyl (C=O) groups is 1. The second-order valence-corrected chi connectivity index (χ2v) is 6.19. The van der Waals surface area contributed by atoms with Crippen molar-refractivity contribution in [3.8, 4) is 0 Å². The first-order valence-electron chi connectivity index (χ1n) is 8.88. The van der Waals surface area contributed by atoms with Gasteiger partial charge < -0.3 is 10.5 Å². The maximum Gasteiger partial charge on any atom is 0.330 e. The first-order chi connectivity index (χ1) is 13.0. The molecule has 1 heterocycles. The molecule has 8 heteroatoms. The summed E-state index contributed by atoms with van der Waals surface area (Å²) in [5.74, 6) is -0.528. The summed E-state index contributed by atoms with van der Waals surface area (Å²) in [4.78, 5) is 40.9. The van der Waals surface area contributed by atoms with E-state index < -0.39 is 17.0 Å². The van der Waals surface area contributed by atoms with Crippen LogP contribution in [0, 0.1) is 0 Å². The molecular formula is C19H26N4O4. The van der Waals surface area contributed by atoms with Crippen molar-refractivity contribution >= 4 is 11.6 Å². The van der Waals surface area contributed by atoms with Crippen LogP contribution in [0.4, 0.5) is 5.82 Å². The summed E-state index contributed by atoms with van der Waals surface area (Å²) < 4.78 is 6.09. The van der Waals surface area contributed by atoms with Crippen LogP contribution in [-0.2, 0) is 17.7 Å². The number of nitrogen functional groups attached to an aromatic ring is 1. The Balaban J connectivity index is 2.15. The molecule has 1 aromatic carbocycles. The molecular weight excluding hydrogens is 348 g/mol. The third kappa shape index (κ3) is 5.38. The zero-order valence-electron chi connectivity index (χ0n) is 15.7. The Morgan fingerprint density at radius 2 is 1.96 bits per heavy atom. The zero-order chi connectivity index (χ0) is 19.8. The number of rotatable bonds is 10. The number of hydrogen-bond donors (Lipinski definition) is 2. The number of nitrogens with zero attached hydrogens (tertiary/aromatic N) is 2. The third-order valence-corrected chi connectivity index (χ3v) is 4.41. The number of hydrogen-bond acceptors (Lipinski definition) is 6. The van der Waals surface area contributed by atoms with Crippen LogP contribution in [0.25, 0.3) is 0 Å². The van der Waals surface area contributed by atoms with Gasteiger partial charge in [-0.15, -0.1) is 0 Å². The molecule has 0 unspecified atom stereocenters. The van der Waals surface area contributed by atoms with Crippen molar-refractivity contribution in [3.05, 3.63) is 62.3 Å². The van der Waals surface area contributed by atoms with Crippen molar-refractivity contribution in [1.82, 2.24) is 14.5 Å². The number of Topliss-reactive ketones (excluding diaryl/α,β-unsaturated/α-hetero) is 1. The molecule has 0 saturated heterocycles. The van der Waals surface area contributed by atoms with Gasteiger partial charge in [0, 0.05) is 13.7 Å². The summed E-state index contributed by atoms with van der Waals surface area (Å²) in [5.41, 5.74) is 5.55. The predicted octanol–water partition coefficient (Wildman–Crippen LogP) is 0.513. The fraction of sp³-hybridized carbons (Fsp3) is 0.421. The Bertz CT molecular complexity index is 874. The van der Waals surface area contributed by atoms with E-state index in [9.17, 15) is 14.4 Å². The van der Waals surface area contributed by atoms with Crippen LogP contribution >= 0.6 is 0 Å². The summed E-state index contributed by atoms with van der Waals surface area (Å²) >= 11 is 0. The molecule has 0 atom stereocenters. The molecule has 3 N–H and O–H groups in total. The van der Waals surface area contributed by atoms with E-state index in [0.29, 0.717) is 13.1 Å². The van der Waals surface area contributed by atoms with Gasteiger partial charge in [-0.05, 0) is 18.5 Å². The van der Waals surface area contributed by atoms with Crippen LogP contribution in [0.5, 0.6) is 0 Å². The average molecular weight is 374 g/mol. The average Bonchev–Trinajstić information content (AvgIpc) is 2.65. The lowest BCUT2D eigenvalue weighted by Crippen LogP contribution is -2.40. The van der Waals surface area contributed by atoms with E-state index in [1.54, 1.807) is 0 Å². The highest BCUT2D eigenvalue weighted by Crippen LogP contribution is 2.07. The largest absolute Gasteiger partial charge is 0.384 e. The molecule has 0 radical (unpaired) electrons. The van der Waals surface area contributed by atoms with E-state index in [0.717, 1.165) is 11.0 Å². The maximum absolute atomic E-state index is 12.7. The van der Waals surface area contributed by atoms with Gasteiger partial charge in [0.25, 0.3) is 5.56 Å². The first kappa shape index (κ1) is 20.6. The normalized spacial score (nSPS) is 11.1. The summed E-state index contributed by atoms with van der Waals surface area (Å²) in [6, 6.07) is 9.97. The Hall–Kier alpha value is -2.71. The molecule has 0 aliphatic rings. The van der Waals surface area contributed by atoms with Gasteiger partial charge in [0.05, 0.1) is 19.7 Å². The lowest BCUT2D eigenvalue weighted by Gasteiger charge is -2.20. The Morgan fingerprint density at radius 3 is 2.59 bits per heavy atom. The molecule has 0 bridgehead atoms. The van der Waals surface area contributed by atoms with Crippen molar-refractivity contribution < 1.29 is 9.53 Å². The summed E-state index contributed by atoms with van der Waals surface area (Å²) in [6.45, 7) is 3.73. The van der Waals surface area contributed by atoms with E-state index in [-0.39, 0.29) is 31.1 Å². The van der Waals surface area contributed by atoms with Crippen molar-refractivity contribution in [2.45, 2.75) is 19.9 Å². The van der Waals surface area contributed by atoms with Crippen LogP contribution in [0.1, 0.15) is 22.8 Å². The number of aromatic amines is 1. The molecule has 1 aromatic heterocycles.